The van der Waals surface area contributed by atoms with E-state index >= 15 is 0 Å². The fourth-order valence-electron chi connectivity index (χ4n) is 4.14. The maximum absolute atomic E-state index is 5.44. The van der Waals surface area contributed by atoms with Crippen LogP contribution in [0.4, 0.5) is 11.4 Å². The van der Waals surface area contributed by atoms with Crippen molar-refractivity contribution >= 4 is 41.3 Å². The summed E-state index contributed by atoms with van der Waals surface area (Å²) in [5.74, 6) is 1.86. The lowest BCUT2D eigenvalue weighted by molar-refractivity contribution is 0.122. The van der Waals surface area contributed by atoms with Crippen LogP contribution in [0, 0.1) is 0 Å². The molecule has 0 spiro atoms. The van der Waals surface area contributed by atoms with E-state index in [2.05, 4.69) is 61.4 Å². The number of nitrogens with zero attached hydrogens (tertiary/aromatic N) is 4. The van der Waals surface area contributed by atoms with Gasteiger partial charge in [0, 0.05) is 70.3 Å². The lowest BCUT2D eigenvalue weighted by Crippen LogP contribution is -2.52. The van der Waals surface area contributed by atoms with Crippen LogP contribution in [0.3, 0.4) is 0 Å². The molecule has 8 heteroatoms. The minimum atomic E-state index is 0. The average Bonchev–Trinajstić information content (AvgIpc) is 2.86. The summed E-state index contributed by atoms with van der Waals surface area (Å²) in [6.07, 6.45) is 0. The number of benzene rings is 2. The van der Waals surface area contributed by atoms with Gasteiger partial charge in [-0.2, -0.15) is 0 Å². The van der Waals surface area contributed by atoms with E-state index in [-0.39, 0.29) is 24.0 Å². The van der Waals surface area contributed by atoms with Gasteiger partial charge < -0.3 is 29.5 Å². The number of hydrogen-bond donors (Lipinski definition) is 1. The summed E-state index contributed by atoms with van der Waals surface area (Å²) in [5.41, 5.74) is 3.74. The third-order valence-electron chi connectivity index (χ3n) is 5.97. The van der Waals surface area contributed by atoms with Gasteiger partial charge in [0.1, 0.15) is 5.75 Å². The largest absolute Gasteiger partial charge is 0.497 e. The molecule has 2 aromatic carbocycles. The van der Waals surface area contributed by atoms with Gasteiger partial charge in [0.15, 0.2) is 5.96 Å². The fraction of sp³-hybridized carbons (Fsp3) is 0.458. The lowest BCUT2D eigenvalue weighted by atomic mass is 10.2. The first-order valence-electron chi connectivity index (χ1n) is 11.0. The van der Waals surface area contributed by atoms with Crippen LogP contribution in [0.15, 0.2) is 53.5 Å². The van der Waals surface area contributed by atoms with Crippen LogP contribution in [-0.4, -0.2) is 77.5 Å². The molecule has 2 heterocycles. The molecule has 2 aromatic rings. The summed E-state index contributed by atoms with van der Waals surface area (Å²) in [6, 6.07) is 17.1. The van der Waals surface area contributed by atoms with Crippen molar-refractivity contribution in [3.05, 3.63) is 54.1 Å². The highest BCUT2D eigenvalue weighted by molar-refractivity contribution is 14.0. The Hall–Kier alpha value is -2.20. The second-order valence-corrected chi connectivity index (χ2v) is 7.84. The van der Waals surface area contributed by atoms with Crippen molar-refractivity contribution in [2.24, 2.45) is 4.99 Å². The van der Waals surface area contributed by atoms with Crippen LogP contribution in [0.25, 0.3) is 0 Å². The molecular formula is C24H34IN5O2. The van der Waals surface area contributed by atoms with Gasteiger partial charge in [0.05, 0.1) is 20.3 Å². The summed E-state index contributed by atoms with van der Waals surface area (Å²) < 4.78 is 10.8. The first-order valence-corrected chi connectivity index (χ1v) is 11.0. The van der Waals surface area contributed by atoms with E-state index in [1.54, 1.807) is 7.11 Å². The summed E-state index contributed by atoms with van der Waals surface area (Å²) in [6.45, 7) is 8.11. The zero-order chi connectivity index (χ0) is 21.5. The van der Waals surface area contributed by atoms with Crippen LogP contribution in [0.5, 0.6) is 5.75 Å². The number of halogens is 1. The van der Waals surface area contributed by atoms with Crippen molar-refractivity contribution in [2.75, 3.05) is 76.4 Å². The molecule has 2 saturated heterocycles. The first kappa shape index (κ1) is 24.4. The number of ether oxygens (including phenoxy) is 2. The molecule has 0 unspecified atom stereocenters. The van der Waals surface area contributed by atoms with Crippen LogP contribution in [-0.2, 0) is 11.3 Å². The number of guanidine groups is 1. The number of anilines is 2. The molecule has 0 bridgehead atoms. The van der Waals surface area contributed by atoms with E-state index in [0.717, 1.165) is 70.7 Å². The minimum absolute atomic E-state index is 0. The minimum Gasteiger partial charge on any atom is -0.497 e. The molecule has 0 atom stereocenters. The van der Waals surface area contributed by atoms with E-state index in [4.69, 9.17) is 9.47 Å². The molecule has 2 aliphatic heterocycles. The van der Waals surface area contributed by atoms with E-state index in [9.17, 15) is 0 Å². The topological polar surface area (TPSA) is 52.6 Å². The average molecular weight is 551 g/mol. The SMILES string of the molecule is CN=C(NCc1ccc(N2CCOCC2)cc1)N1CCN(c2cccc(OC)c2)CC1.I. The third-order valence-corrected chi connectivity index (χ3v) is 5.97. The fourth-order valence-corrected chi connectivity index (χ4v) is 4.14. The molecule has 0 amide bonds. The molecule has 32 heavy (non-hydrogen) atoms. The maximum Gasteiger partial charge on any atom is 0.194 e. The molecule has 7 nitrogen and oxygen atoms in total. The highest BCUT2D eigenvalue weighted by Gasteiger charge is 2.20. The number of piperazine rings is 1. The van der Waals surface area contributed by atoms with Gasteiger partial charge in [-0.15, -0.1) is 24.0 Å². The highest BCUT2D eigenvalue weighted by Crippen LogP contribution is 2.22. The van der Waals surface area contributed by atoms with Gasteiger partial charge in [-0.1, -0.05) is 18.2 Å². The number of aliphatic imine (C=N–C) groups is 1. The molecule has 0 saturated carbocycles. The second-order valence-electron chi connectivity index (χ2n) is 7.84. The second kappa shape index (κ2) is 12.2. The Morgan fingerprint density at radius 1 is 0.938 bits per heavy atom. The van der Waals surface area contributed by atoms with Crippen LogP contribution in [0.1, 0.15) is 5.56 Å². The van der Waals surface area contributed by atoms with E-state index < -0.39 is 0 Å². The molecule has 0 aliphatic carbocycles. The Morgan fingerprint density at radius 2 is 1.62 bits per heavy atom. The molecule has 1 N–H and O–H groups in total. The van der Waals surface area contributed by atoms with E-state index in [0.29, 0.717) is 0 Å². The van der Waals surface area contributed by atoms with Crippen molar-refractivity contribution in [1.29, 1.82) is 0 Å². The van der Waals surface area contributed by atoms with Crippen LogP contribution in [0.2, 0.25) is 0 Å². The summed E-state index contributed by atoms with van der Waals surface area (Å²) >= 11 is 0. The molecule has 2 fully saturated rings. The normalized spacial score (nSPS) is 17.1. The van der Waals surface area contributed by atoms with Crippen molar-refractivity contribution in [3.63, 3.8) is 0 Å². The predicted molar refractivity (Wildman–Crippen MR) is 142 cm³/mol. The van der Waals surface area contributed by atoms with Gasteiger partial charge in [-0.3, -0.25) is 4.99 Å². The van der Waals surface area contributed by atoms with Crippen LogP contribution >= 0.6 is 24.0 Å². The van der Waals surface area contributed by atoms with Crippen molar-refractivity contribution in [3.8, 4) is 5.75 Å². The summed E-state index contributed by atoms with van der Waals surface area (Å²) in [7, 11) is 3.57. The number of methoxy groups -OCH3 is 1. The van der Waals surface area contributed by atoms with Crippen molar-refractivity contribution in [1.82, 2.24) is 10.2 Å². The number of morpholine rings is 1. The number of hydrogen-bond acceptors (Lipinski definition) is 5. The first-order chi connectivity index (χ1) is 15.3. The monoisotopic (exact) mass is 551 g/mol. The number of rotatable bonds is 5. The van der Waals surface area contributed by atoms with Gasteiger partial charge in [0.25, 0.3) is 0 Å². The smallest absolute Gasteiger partial charge is 0.194 e. The molecule has 0 radical (unpaired) electrons. The molecule has 4 rings (SSSR count). The Kier molecular flexibility index (Phi) is 9.28. The zero-order valence-corrected chi connectivity index (χ0v) is 21.3. The lowest BCUT2D eigenvalue weighted by Gasteiger charge is -2.37. The van der Waals surface area contributed by atoms with E-state index in [1.165, 1.54) is 16.9 Å². The molecule has 174 valence electrons. The predicted octanol–water partition coefficient (Wildman–Crippen LogP) is 3.05. The quantitative estimate of drug-likeness (QED) is 0.351. The molecular weight excluding hydrogens is 517 g/mol. The van der Waals surface area contributed by atoms with Gasteiger partial charge in [-0.25, -0.2) is 0 Å². The summed E-state index contributed by atoms with van der Waals surface area (Å²) in [4.78, 5) is 11.6. The Bertz CT molecular complexity index is 863. The Labute approximate surface area is 208 Å². The van der Waals surface area contributed by atoms with E-state index in [1.807, 2.05) is 19.2 Å². The Balaban J connectivity index is 0.00000289. The summed E-state index contributed by atoms with van der Waals surface area (Å²) in [5, 5.41) is 3.53. The third kappa shape index (κ3) is 6.19. The standard InChI is InChI=1S/C24H33N5O2.HI/c1-25-24(26-19-20-6-8-21(9-7-20)28-14-16-31-17-15-28)29-12-10-27(11-13-29)22-4-3-5-23(18-22)30-2;/h3-9,18H,10-17,19H2,1-2H3,(H,25,26);1H. The van der Waals surface area contributed by atoms with Crippen molar-refractivity contribution < 1.29 is 9.47 Å². The van der Waals surface area contributed by atoms with Crippen LogP contribution < -0.4 is 19.9 Å². The van der Waals surface area contributed by atoms with Gasteiger partial charge >= 0.3 is 0 Å². The van der Waals surface area contributed by atoms with Gasteiger partial charge in [-0.05, 0) is 29.8 Å². The van der Waals surface area contributed by atoms with Gasteiger partial charge in [0.2, 0.25) is 0 Å². The van der Waals surface area contributed by atoms with Crippen molar-refractivity contribution in [2.45, 2.75) is 6.54 Å². The highest BCUT2D eigenvalue weighted by atomic mass is 127. The zero-order valence-electron chi connectivity index (χ0n) is 19.0. The molecule has 2 aliphatic rings. The molecule has 0 aromatic heterocycles. The maximum atomic E-state index is 5.44. The Morgan fingerprint density at radius 3 is 2.28 bits per heavy atom. The number of nitrogens with one attached hydrogen (secondary N) is 1.